The van der Waals surface area contributed by atoms with Crippen LogP contribution in [0.4, 0.5) is 5.69 Å². The number of rotatable bonds is 4. The van der Waals surface area contributed by atoms with Crippen LogP contribution in [0.1, 0.15) is 47.9 Å². The second-order valence-corrected chi connectivity index (χ2v) is 11.8. The summed E-state index contributed by atoms with van der Waals surface area (Å²) in [5.74, 6) is 0. The van der Waals surface area contributed by atoms with Crippen molar-refractivity contribution in [3.05, 3.63) is 173 Å². The number of hydrogen-bond donors (Lipinski definition) is 0. The minimum absolute atomic E-state index is 0.187. The Bertz CT molecular complexity index is 1940. The highest BCUT2D eigenvalue weighted by Crippen LogP contribution is 2.64. The number of fused-ring (bicyclic) bond motifs is 8. The molecule has 0 aromatic heterocycles. The van der Waals surface area contributed by atoms with Gasteiger partial charge in [0.15, 0.2) is 0 Å². The Balaban J connectivity index is 1.35. The molecule has 1 atom stereocenters. The van der Waals surface area contributed by atoms with E-state index in [1.807, 2.05) is 12.1 Å². The molecular weight excluding hydrogens is 506 g/mol. The third kappa shape index (κ3) is 3.46. The summed E-state index contributed by atoms with van der Waals surface area (Å²) in [5, 5.41) is 0. The van der Waals surface area contributed by atoms with Gasteiger partial charge in [0.05, 0.1) is 16.8 Å². The molecule has 0 saturated carbocycles. The van der Waals surface area contributed by atoms with E-state index in [0.717, 1.165) is 53.8 Å². The van der Waals surface area contributed by atoms with Gasteiger partial charge in [0.1, 0.15) is 0 Å². The van der Waals surface area contributed by atoms with Crippen LogP contribution in [0.25, 0.3) is 22.3 Å². The van der Waals surface area contributed by atoms with Gasteiger partial charge in [-0.2, -0.15) is 0 Å². The van der Waals surface area contributed by atoms with Crippen molar-refractivity contribution in [1.29, 1.82) is 0 Å². The van der Waals surface area contributed by atoms with Crippen LogP contribution in [-0.2, 0) is 5.41 Å². The lowest BCUT2D eigenvalue weighted by Gasteiger charge is -2.35. The van der Waals surface area contributed by atoms with E-state index in [0.29, 0.717) is 0 Å². The zero-order chi connectivity index (χ0) is 28.3. The minimum atomic E-state index is -0.187. The highest BCUT2D eigenvalue weighted by atomic mass is 14.8. The lowest BCUT2D eigenvalue weighted by molar-refractivity contribution is 0.701. The fraction of sp³-hybridized carbons (Fsp3) is 0.146. The van der Waals surface area contributed by atoms with Crippen molar-refractivity contribution in [2.75, 3.05) is 0 Å². The van der Waals surface area contributed by atoms with Gasteiger partial charge < -0.3 is 0 Å². The smallest absolute Gasteiger partial charge is 0.0744 e. The molecule has 0 saturated heterocycles. The van der Waals surface area contributed by atoms with Crippen molar-refractivity contribution in [2.24, 2.45) is 4.99 Å². The molecule has 0 aliphatic heterocycles. The molecule has 4 aliphatic carbocycles. The molecule has 4 aromatic rings. The average molecular weight is 540 g/mol. The van der Waals surface area contributed by atoms with Gasteiger partial charge in [-0.1, -0.05) is 116 Å². The highest BCUT2D eigenvalue weighted by molar-refractivity contribution is 6.10. The molecule has 1 heteroatoms. The third-order valence-corrected chi connectivity index (χ3v) is 9.61. The maximum atomic E-state index is 5.21. The van der Waals surface area contributed by atoms with Gasteiger partial charge in [0.2, 0.25) is 0 Å². The van der Waals surface area contributed by atoms with Crippen molar-refractivity contribution in [1.82, 2.24) is 0 Å². The number of aliphatic imine (C=N–C) groups is 1. The van der Waals surface area contributed by atoms with Gasteiger partial charge in [0.25, 0.3) is 0 Å². The van der Waals surface area contributed by atoms with Crippen LogP contribution >= 0.6 is 0 Å². The predicted molar refractivity (Wildman–Crippen MR) is 176 cm³/mol. The maximum Gasteiger partial charge on any atom is 0.0744 e. The van der Waals surface area contributed by atoms with Gasteiger partial charge in [-0.15, -0.1) is 0 Å². The van der Waals surface area contributed by atoms with Crippen LogP contribution in [0.2, 0.25) is 0 Å². The summed E-state index contributed by atoms with van der Waals surface area (Å²) in [5.41, 5.74) is 18.0. The Morgan fingerprint density at radius 1 is 0.762 bits per heavy atom. The summed E-state index contributed by atoms with van der Waals surface area (Å²) in [6.45, 7) is 6.25. The lowest BCUT2D eigenvalue weighted by atomic mass is 9.66. The van der Waals surface area contributed by atoms with E-state index in [-0.39, 0.29) is 5.41 Å². The molecule has 0 bridgehead atoms. The molecule has 202 valence electrons. The van der Waals surface area contributed by atoms with E-state index in [1.54, 1.807) is 11.1 Å². The number of aryl methyl sites for hydroxylation is 1. The molecule has 4 aromatic carbocycles. The maximum absolute atomic E-state index is 5.21. The first-order valence-corrected chi connectivity index (χ1v) is 15.1. The Labute approximate surface area is 248 Å². The number of hydrogen-bond acceptors (Lipinski definition) is 1. The first kappa shape index (κ1) is 25.0. The van der Waals surface area contributed by atoms with Gasteiger partial charge in [0, 0.05) is 11.1 Å². The Hall–Kier alpha value is -4.75. The van der Waals surface area contributed by atoms with Crippen LogP contribution in [0.15, 0.2) is 155 Å². The van der Waals surface area contributed by atoms with Crippen LogP contribution in [-0.4, -0.2) is 5.71 Å². The normalized spacial score (nSPS) is 20.1. The number of nitrogens with zero attached hydrogens (tertiary/aromatic N) is 1. The van der Waals surface area contributed by atoms with E-state index in [4.69, 9.17) is 4.99 Å². The molecule has 0 heterocycles. The SMILES string of the molecule is C=CC(=Nc1c(C)cccc1-c1ccc2c(c1)-c1ccccc1C21C2=C(CCC=C2)C2=C1CCC=C2)c1ccccc1. The van der Waals surface area contributed by atoms with Crippen molar-refractivity contribution in [2.45, 2.75) is 38.0 Å². The lowest BCUT2D eigenvalue weighted by Crippen LogP contribution is -2.28. The van der Waals surface area contributed by atoms with Crippen LogP contribution in [0.5, 0.6) is 0 Å². The van der Waals surface area contributed by atoms with Crippen molar-refractivity contribution in [3.63, 3.8) is 0 Å². The number of allylic oxidation sites excluding steroid dienone is 9. The van der Waals surface area contributed by atoms with Crippen LogP contribution in [0, 0.1) is 6.92 Å². The Morgan fingerprint density at radius 2 is 1.52 bits per heavy atom. The average Bonchev–Trinajstić information content (AvgIpc) is 3.52. The first-order valence-electron chi connectivity index (χ1n) is 15.1. The zero-order valence-electron chi connectivity index (χ0n) is 24.0. The molecule has 0 fully saturated rings. The topological polar surface area (TPSA) is 12.4 Å². The van der Waals surface area contributed by atoms with Gasteiger partial charge >= 0.3 is 0 Å². The van der Waals surface area contributed by atoms with E-state index >= 15 is 0 Å². The molecule has 0 N–H and O–H groups in total. The predicted octanol–water partition coefficient (Wildman–Crippen LogP) is 10.5. The van der Waals surface area contributed by atoms with Gasteiger partial charge in [-0.3, -0.25) is 0 Å². The van der Waals surface area contributed by atoms with E-state index in [9.17, 15) is 0 Å². The summed E-state index contributed by atoms with van der Waals surface area (Å²) in [4.78, 5) is 5.21. The first-order chi connectivity index (χ1) is 20.7. The van der Waals surface area contributed by atoms with Gasteiger partial charge in [-0.25, -0.2) is 4.99 Å². The number of para-hydroxylation sites is 1. The van der Waals surface area contributed by atoms with E-state index in [1.165, 1.54) is 39.0 Å². The standard InChI is InChI=1S/C41H33N/c1-3-39(28-15-5-4-6-16-28)42-40-27(2)14-13-20-30(40)29-24-25-38-34(26-29)33-19-9-12-23-37(33)41(38)35-21-10-7-17-31(35)32-18-8-11-22-36(32)41/h3-7,9,11-17,19-20,22-26H,1,8,10,18,21H2,2H3. The molecule has 1 spiro atoms. The second-order valence-electron chi connectivity index (χ2n) is 11.8. The van der Waals surface area contributed by atoms with E-state index in [2.05, 4.69) is 123 Å². The summed E-state index contributed by atoms with van der Waals surface area (Å²) in [6, 6.07) is 33.2. The fourth-order valence-corrected chi connectivity index (χ4v) is 7.86. The molecule has 8 rings (SSSR count). The zero-order valence-corrected chi connectivity index (χ0v) is 24.0. The fourth-order valence-electron chi connectivity index (χ4n) is 7.86. The quantitative estimate of drug-likeness (QED) is 0.229. The van der Waals surface area contributed by atoms with Gasteiger partial charge in [-0.05, 0) is 100 Å². The monoisotopic (exact) mass is 539 g/mol. The van der Waals surface area contributed by atoms with E-state index < -0.39 is 0 Å². The summed E-state index contributed by atoms with van der Waals surface area (Å²) in [6.07, 6.45) is 16.0. The molecule has 0 radical (unpaired) electrons. The number of benzene rings is 4. The molecule has 0 amide bonds. The van der Waals surface area contributed by atoms with Crippen LogP contribution < -0.4 is 0 Å². The van der Waals surface area contributed by atoms with Crippen molar-refractivity contribution in [3.8, 4) is 22.3 Å². The van der Waals surface area contributed by atoms with Crippen LogP contribution in [0.3, 0.4) is 0 Å². The molecule has 4 aliphatic rings. The molecule has 42 heavy (non-hydrogen) atoms. The van der Waals surface area contributed by atoms with Crippen molar-refractivity contribution >= 4 is 11.4 Å². The third-order valence-electron chi connectivity index (χ3n) is 9.61. The van der Waals surface area contributed by atoms with Crippen molar-refractivity contribution < 1.29 is 0 Å². The highest BCUT2D eigenvalue weighted by Gasteiger charge is 2.53. The summed E-state index contributed by atoms with van der Waals surface area (Å²) in [7, 11) is 0. The molecule has 1 unspecified atom stereocenters. The molecular formula is C41H33N. The Kier molecular flexibility index (Phi) is 5.76. The minimum Gasteiger partial charge on any atom is -0.248 e. The molecule has 1 nitrogen and oxygen atoms in total. The Morgan fingerprint density at radius 3 is 2.40 bits per heavy atom. The largest absolute Gasteiger partial charge is 0.248 e. The second kappa shape index (κ2) is 9.67. The summed E-state index contributed by atoms with van der Waals surface area (Å²) < 4.78 is 0. The summed E-state index contributed by atoms with van der Waals surface area (Å²) >= 11 is 0.